The average molecular weight is 794 g/mol. The van der Waals surface area contributed by atoms with Crippen molar-refractivity contribution >= 4 is 44.5 Å². The Morgan fingerprint density at radius 2 is 1.02 bits per heavy atom. The molecule has 0 radical (unpaired) electrons. The van der Waals surface area contributed by atoms with Crippen LogP contribution in [0.25, 0.3) is 83.3 Å². The van der Waals surface area contributed by atoms with Crippen LogP contribution in [0.2, 0.25) is 0 Å². The highest BCUT2D eigenvalue weighted by atomic mass is 32.2. The van der Waals surface area contributed by atoms with Crippen molar-refractivity contribution in [1.29, 1.82) is 0 Å². The van der Waals surface area contributed by atoms with E-state index in [0.717, 1.165) is 66.8 Å². The third-order valence-corrected chi connectivity index (χ3v) is 14.0. The normalized spacial score (nSPS) is 13.3. The van der Waals surface area contributed by atoms with Gasteiger partial charge in [0, 0.05) is 37.4 Å². The summed E-state index contributed by atoms with van der Waals surface area (Å²) in [5.41, 5.74) is 17.0. The number of nitrogens with zero attached hydrogens (tertiary/aromatic N) is 3. The van der Waals surface area contributed by atoms with Crippen molar-refractivity contribution in [2.45, 2.75) is 15.2 Å². The summed E-state index contributed by atoms with van der Waals surface area (Å²) in [7, 11) is 0. The molecule has 9 aromatic carbocycles. The van der Waals surface area contributed by atoms with E-state index >= 15 is 0 Å². The second-order valence-electron chi connectivity index (χ2n) is 16.1. The highest BCUT2D eigenvalue weighted by molar-refractivity contribution is 7.99. The first-order valence-corrected chi connectivity index (χ1v) is 21.6. The number of pyridine rings is 1. The summed E-state index contributed by atoms with van der Waals surface area (Å²) in [4.78, 5) is 13.2. The predicted molar refractivity (Wildman–Crippen MR) is 252 cm³/mol. The topological polar surface area (TPSA) is 30.7 Å². The zero-order valence-electron chi connectivity index (χ0n) is 33.0. The van der Waals surface area contributed by atoms with Crippen molar-refractivity contribution in [3.05, 3.63) is 235 Å². The second-order valence-corrected chi connectivity index (χ2v) is 17.1. The summed E-state index contributed by atoms with van der Waals surface area (Å²) >= 11 is 1.88. The Labute approximate surface area is 357 Å². The molecule has 0 amide bonds. The molecule has 0 fully saturated rings. The number of benzene rings is 9. The molecule has 0 saturated heterocycles. The molecule has 2 aromatic heterocycles. The Kier molecular flexibility index (Phi) is 7.45. The molecular formula is C57H35N3S. The van der Waals surface area contributed by atoms with E-state index in [1.165, 1.54) is 48.6 Å². The Bertz CT molecular complexity index is 3520. The van der Waals surface area contributed by atoms with Crippen LogP contribution in [0.1, 0.15) is 22.3 Å². The van der Waals surface area contributed by atoms with Crippen LogP contribution in [0.15, 0.2) is 222 Å². The van der Waals surface area contributed by atoms with Crippen molar-refractivity contribution < 1.29 is 0 Å². The summed E-state index contributed by atoms with van der Waals surface area (Å²) < 4.78 is 2.25. The summed E-state index contributed by atoms with van der Waals surface area (Å²) in [6, 6.07) is 77.2. The number of aromatic nitrogens is 3. The largest absolute Gasteiger partial charge is 0.292 e. The second kappa shape index (κ2) is 13.2. The lowest BCUT2D eigenvalue weighted by atomic mass is 9.67. The first kappa shape index (κ1) is 34.3. The van der Waals surface area contributed by atoms with Crippen molar-refractivity contribution in [3.63, 3.8) is 0 Å². The summed E-state index contributed by atoms with van der Waals surface area (Å²) in [5.74, 6) is 0.925. The quantitative estimate of drug-likeness (QED) is 0.166. The van der Waals surface area contributed by atoms with Crippen LogP contribution in [0.5, 0.6) is 0 Å². The molecule has 1 aliphatic heterocycles. The van der Waals surface area contributed by atoms with Gasteiger partial charge in [-0.2, -0.15) is 0 Å². The summed E-state index contributed by atoms with van der Waals surface area (Å²) in [5, 5.41) is 3.54. The highest BCUT2D eigenvalue weighted by Gasteiger charge is 2.50. The monoisotopic (exact) mass is 793 g/mol. The molecular weight excluding hydrogens is 759 g/mol. The molecule has 0 saturated carbocycles. The first-order valence-electron chi connectivity index (χ1n) is 20.8. The lowest BCUT2D eigenvalue weighted by Crippen LogP contribution is -2.31. The lowest BCUT2D eigenvalue weighted by molar-refractivity contribution is 0.723. The van der Waals surface area contributed by atoms with E-state index in [2.05, 4.69) is 217 Å². The maximum atomic E-state index is 5.46. The number of hydrogen-bond donors (Lipinski definition) is 0. The molecule has 3 nitrogen and oxygen atoms in total. The fourth-order valence-corrected chi connectivity index (χ4v) is 11.4. The SMILES string of the molecule is c1ccc(-n2c(-c3ccc(-c4cccc(-c5nc6ccccc6c6cc7c(cc56)-c5ccccc5C75c6ccccc6Sc6ccccc65)c4)cc3)nc3ccccc32)cc1. The first-order chi connectivity index (χ1) is 30.2. The number of hydrogen-bond acceptors (Lipinski definition) is 3. The van der Waals surface area contributed by atoms with E-state index in [1.54, 1.807) is 0 Å². The van der Waals surface area contributed by atoms with Crippen LogP contribution in [-0.2, 0) is 5.41 Å². The van der Waals surface area contributed by atoms with E-state index < -0.39 is 5.41 Å². The molecule has 284 valence electrons. The van der Waals surface area contributed by atoms with Crippen LogP contribution >= 0.6 is 11.8 Å². The average Bonchev–Trinajstić information content (AvgIpc) is 3.85. The summed E-state index contributed by atoms with van der Waals surface area (Å²) in [6.07, 6.45) is 0. The van der Waals surface area contributed by atoms with E-state index in [-0.39, 0.29) is 0 Å². The van der Waals surface area contributed by atoms with Crippen molar-refractivity contribution in [2.75, 3.05) is 0 Å². The standard InChI is InChI=1S/C57H35N3S/c1-2-17-40(18-3-1)60-52-26-11-10-25-51(52)59-56(60)37-31-29-36(30-32-37)38-15-14-16-39(33-38)55-45-34-44-41-19-4-6-21-46(41)57(49(44)35-43(45)42-20-5-9-24-50(42)58-55)47-22-7-12-27-53(47)61-54-28-13-8-23-48(54)57/h1-35H. The molecule has 0 unspecified atom stereocenters. The van der Waals surface area contributed by atoms with Gasteiger partial charge < -0.3 is 0 Å². The van der Waals surface area contributed by atoms with Crippen molar-refractivity contribution in [2.24, 2.45) is 0 Å². The van der Waals surface area contributed by atoms with Gasteiger partial charge in [-0.1, -0.05) is 163 Å². The zero-order chi connectivity index (χ0) is 40.1. The fraction of sp³-hybridized carbons (Fsp3) is 0.0175. The van der Waals surface area contributed by atoms with Gasteiger partial charge in [-0.15, -0.1) is 0 Å². The Hall–Kier alpha value is -7.53. The maximum Gasteiger partial charge on any atom is 0.145 e. The molecule has 1 aliphatic carbocycles. The molecule has 2 aliphatic rings. The highest BCUT2D eigenvalue weighted by Crippen LogP contribution is 2.62. The minimum absolute atomic E-state index is 0.444. The third kappa shape index (κ3) is 5.00. The lowest BCUT2D eigenvalue weighted by Gasteiger charge is -2.39. The van der Waals surface area contributed by atoms with Crippen molar-refractivity contribution in [3.8, 4) is 50.6 Å². The van der Waals surface area contributed by atoms with Gasteiger partial charge in [0.05, 0.1) is 27.7 Å². The molecule has 4 heteroatoms. The fourth-order valence-electron chi connectivity index (χ4n) is 10.2. The molecule has 0 bridgehead atoms. The van der Waals surface area contributed by atoms with Crippen molar-refractivity contribution in [1.82, 2.24) is 14.5 Å². The molecule has 0 atom stereocenters. The van der Waals surface area contributed by atoms with Gasteiger partial charge in [0.2, 0.25) is 0 Å². The number of fused-ring (bicyclic) bond motifs is 13. The van der Waals surface area contributed by atoms with Gasteiger partial charge in [-0.3, -0.25) is 4.57 Å². The Morgan fingerprint density at radius 1 is 0.377 bits per heavy atom. The molecule has 13 rings (SSSR count). The van der Waals surface area contributed by atoms with Crippen LogP contribution < -0.4 is 0 Å². The molecule has 3 heterocycles. The molecule has 11 aromatic rings. The van der Waals surface area contributed by atoms with Crippen LogP contribution in [0, 0.1) is 0 Å². The molecule has 1 spiro atoms. The van der Waals surface area contributed by atoms with E-state index in [4.69, 9.17) is 9.97 Å². The van der Waals surface area contributed by atoms with Crippen LogP contribution in [0.4, 0.5) is 0 Å². The van der Waals surface area contributed by atoms with Gasteiger partial charge in [-0.05, 0) is 111 Å². The van der Waals surface area contributed by atoms with E-state index in [9.17, 15) is 0 Å². The summed E-state index contributed by atoms with van der Waals surface area (Å²) in [6.45, 7) is 0. The zero-order valence-corrected chi connectivity index (χ0v) is 33.8. The third-order valence-electron chi connectivity index (χ3n) is 12.9. The maximum absolute atomic E-state index is 5.46. The van der Waals surface area contributed by atoms with Crippen LogP contribution in [0.3, 0.4) is 0 Å². The van der Waals surface area contributed by atoms with Crippen LogP contribution in [-0.4, -0.2) is 14.5 Å². The smallest absolute Gasteiger partial charge is 0.145 e. The molecule has 61 heavy (non-hydrogen) atoms. The number of rotatable bonds is 4. The Balaban J connectivity index is 0.987. The molecule has 0 N–H and O–H groups in total. The minimum Gasteiger partial charge on any atom is -0.292 e. The van der Waals surface area contributed by atoms with Gasteiger partial charge >= 0.3 is 0 Å². The van der Waals surface area contributed by atoms with Gasteiger partial charge in [0.25, 0.3) is 0 Å². The van der Waals surface area contributed by atoms with Gasteiger partial charge in [-0.25, -0.2) is 9.97 Å². The number of para-hydroxylation sites is 4. The minimum atomic E-state index is -0.444. The van der Waals surface area contributed by atoms with E-state index in [0.29, 0.717) is 0 Å². The number of imidazole rings is 1. The van der Waals surface area contributed by atoms with Gasteiger partial charge in [0.15, 0.2) is 0 Å². The predicted octanol–water partition coefficient (Wildman–Crippen LogP) is 14.6. The Morgan fingerprint density at radius 3 is 1.82 bits per heavy atom. The van der Waals surface area contributed by atoms with E-state index in [1.807, 2.05) is 11.8 Å². The van der Waals surface area contributed by atoms with Gasteiger partial charge in [0.1, 0.15) is 5.82 Å².